The summed E-state index contributed by atoms with van der Waals surface area (Å²) in [6.07, 6.45) is 1.25. The summed E-state index contributed by atoms with van der Waals surface area (Å²) in [5.41, 5.74) is 0.874. The molecule has 3 rings (SSSR count). The van der Waals surface area contributed by atoms with Crippen LogP contribution in [0.15, 0.2) is 45.8 Å². The maximum atomic E-state index is 12.0. The lowest BCUT2D eigenvalue weighted by Crippen LogP contribution is -2.15. The van der Waals surface area contributed by atoms with Gasteiger partial charge in [0.1, 0.15) is 5.56 Å². The minimum atomic E-state index is -1.14. The van der Waals surface area contributed by atoms with Gasteiger partial charge in [-0.15, -0.1) is 0 Å². The quantitative estimate of drug-likeness (QED) is 0.752. The van der Waals surface area contributed by atoms with Crippen LogP contribution >= 0.6 is 15.9 Å². The second-order valence-electron chi connectivity index (χ2n) is 4.14. The van der Waals surface area contributed by atoms with Gasteiger partial charge >= 0.3 is 5.97 Å². The summed E-state index contributed by atoms with van der Waals surface area (Å²) >= 11 is 3.33. The molecule has 100 valence electrons. The molecule has 0 atom stereocenters. The van der Waals surface area contributed by atoms with Crippen molar-refractivity contribution >= 4 is 27.5 Å². The largest absolute Gasteiger partial charge is 0.477 e. The van der Waals surface area contributed by atoms with Crippen molar-refractivity contribution in [1.82, 2.24) is 14.6 Å². The highest BCUT2D eigenvalue weighted by atomic mass is 79.9. The van der Waals surface area contributed by atoms with Gasteiger partial charge in [0, 0.05) is 22.3 Å². The predicted molar refractivity (Wildman–Crippen MR) is 75.9 cm³/mol. The first-order chi connectivity index (χ1) is 9.56. The molecule has 6 nitrogen and oxygen atoms in total. The Morgan fingerprint density at radius 1 is 1.30 bits per heavy atom. The van der Waals surface area contributed by atoms with Crippen molar-refractivity contribution < 1.29 is 9.90 Å². The number of aromatic carboxylic acids is 1. The van der Waals surface area contributed by atoms with Gasteiger partial charge in [-0.05, 0) is 12.1 Å². The van der Waals surface area contributed by atoms with Gasteiger partial charge in [0.15, 0.2) is 5.65 Å². The van der Waals surface area contributed by atoms with E-state index < -0.39 is 5.97 Å². The number of nitrogens with zero attached hydrogens (tertiary/aromatic N) is 2. The van der Waals surface area contributed by atoms with Crippen LogP contribution in [-0.2, 0) is 0 Å². The van der Waals surface area contributed by atoms with Gasteiger partial charge in [-0.25, -0.2) is 14.3 Å². The molecule has 2 heterocycles. The molecule has 0 saturated heterocycles. The molecule has 0 amide bonds. The third-order valence-corrected chi connectivity index (χ3v) is 3.40. The second-order valence-corrected chi connectivity index (χ2v) is 5.05. The number of aromatic amines is 1. The van der Waals surface area contributed by atoms with Gasteiger partial charge in [0.25, 0.3) is 5.56 Å². The van der Waals surface area contributed by atoms with Crippen molar-refractivity contribution in [2.45, 2.75) is 0 Å². The van der Waals surface area contributed by atoms with Gasteiger partial charge in [-0.1, -0.05) is 28.1 Å². The Bertz CT molecular complexity index is 865. The van der Waals surface area contributed by atoms with Crippen molar-refractivity contribution in [2.75, 3.05) is 0 Å². The Morgan fingerprint density at radius 2 is 2.00 bits per heavy atom. The number of carboxylic acids is 1. The van der Waals surface area contributed by atoms with E-state index in [1.165, 1.54) is 12.3 Å². The van der Waals surface area contributed by atoms with Gasteiger partial charge in [-0.3, -0.25) is 9.89 Å². The molecule has 0 fully saturated rings. The number of H-pyrrole nitrogens is 1. The summed E-state index contributed by atoms with van der Waals surface area (Å²) in [5.74, 6) is -1.14. The maximum absolute atomic E-state index is 12.0. The van der Waals surface area contributed by atoms with E-state index in [2.05, 4.69) is 26.0 Å². The fraction of sp³-hybridized carbons (Fsp3) is 0. The first-order valence-electron chi connectivity index (χ1n) is 5.66. The Labute approximate surface area is 120 Å². The van der Waals surface area contributed by atoms with Gasteiger partial charge in [0.2, 0.25) is 0 Å². The van der Waals surface area contributed by atoms with Crippen molar-refractivity contribution in [3.8, 4) is 11.3 Å². The summed E-state index contributed by atoms with van der Waals surface area (Å²) in [7, 11) is 0. The first kappa shape index (κ1) is 12.6. The lowest BCUT2D eigenvalue weighted by molar-refractivity contribution is 0.0699. The number of rotatable bonds is 2. The average Bonchev–Trinajstić information content (AvgIpc) is 2.84. The van der Waals surface area contributed by atoms with E-state index >= 15 is 0 Å². The number of carbonyl (C=O) groups is 1. The van der Waals surface area contributed by atoms with Gasteiger partial charge in [-0.2, -0.15) is 0 Å². The molecule has 3 aromatic rings. The predicted octanol–water partition coefficient (Wildman–Crippen LogP) is 2.15. The molecule has 0 spiro atoms. The zero-order valence-electron chi connectivity index (χ0n) is 10.0. The molecular weight excluding hydrogens is 326 g/mol. The zero-order valence-corrected chi connectivity index (χ0v) is 11.6. The number of fused-ring (bicyclic) bond motifs is 1. The molecule has 20 heavy (non-hydrogen) atoms. The van der Waals surface area contributed by atoms with Crippen molar-refractivity contribution in [2.24, 2.45) is 0 Å². The topological polar surface area (TPSA) is 87.5 Å². The van der Waals surface area contributed by atoms with Crippen LogP contribution in [0.4, 0.5) is 0 Å². The normalized spacial score (nSPS) is 10.8. The highest BCUT2D eigenvalue weighted by Crippen LogP contribution is 2.20. The monoisotopic (exact) mass is 333 g/mol. The number of hydrogen-bond donors (Lipinski definition) is 2. The van der Waals surface area contributed by atoms with Crippen LogP contribution < -0.4 is 5.56 Å². The van der Waals surface area contributed by atoms with Crippen LogP contribution in [-0.4, -0.2) is 25.7 Å². The Morgan fingerprint density at radius 3 is 2.65 bits per heavy atom. The van der Waals surface area contributed by atoms with E-state index in [4.69, 9.17) is 5.11 Å². The van der Waals surface area contributed by atoms with Crippen LogP contribution in [0.25, 0.3) is 16.9 Å². The van der Waals surface area contributed by atoms with Gasteiger partial charge in [0.05, 0.1) is 5.69 Å². The molecule has 2 N–H and O–H groups in total. The Kier molecular flexibility index (Phi) is 2.90. The van der Waals surface area contributed by atoms with Crippen LogP contribution in [0.3, 0.4) is 0 Å². The lowest BCUT2D eigenvalue weighted by atomic mass is 10.1. The molecule has 0 radical (unpaired) electrons. The van der Waals surface area contributed by atoms with E-state index in [-0.39, 0.29) is 16.8 Å². The molecule has 1 aromatic carbocycles. The second kappa shape index (κ2) is 4.61. The summed E-state index contributed by atoms with van der Waals surface area (Å²) in [6.45, 7) is 0. The molecule has 2 aromatic heterocycles. The van der Waals surface area contributed by atoms with Crippen LogP contribution in [0.5, 0.6) is 0 Å². The highest BCUT2D eigenvalue weighted by Gasteiger charge is 2.14. The molecule has 0 unspecified atom stereocenters. The fourth-order valence-electron chi connectivity index (χ4n) is 1.91. The molecule has 0 aliphatic carbocycles. The third kappa shape index (κ3) is 2.01. The van der Waals surface area contributed by atoms with Crippen LogP contribution in [0, 0.1) is 0 Å². The van der Waals surface area contributed by atoms with Crippen LogP contribution in [0.2, 0.25) is 0 Å². The number of aromatic nitrogens is 3. The highest BCUT2D eigenvalue weighted by molar-refractivity contribution is 9.10. The smallest absolute Gasteiger partial charge is 0.341 e. The van der Waals surface area contributed by atoms with E-state index in [9.17, 15) is 9.59 Å². The number of nitrogens with one attached hydrogen (secondary N) is 1. The number of benzene rings is 1. The van der Waals surface area contributed by atoms with Crippen molar-refractivity contribution in [1.29, 1.82) is 0 Å². The van der Waals surface area contributed by atoms with Crippen molar-refractivity contribution in [3.63, 3.8) is 0 Å². The summed E-state index contributed by atoms with van der Waals surface area (Å²) in [6, 6.07) is 8.62. The van der Waals surface area contributed by atoms with E-state index in [1.54, 1.807) is 12.1 Å². The molecule has 7 heteroatoms. The molecule has 0 aliphatic rings. The van der Waals surface area contributed by atoms with Gasteiger partial charge < -0.3 is 5.11 Å². The number of carboxylic acid groups (broad SMARTS) is 1. The summed E-state index contributed by atoms with van der Waals surface area (Å²) in [4.78, 5) is 27.3. The molecule has 0 bridgehead atoms. The number of halogens is 1. The summed E-state index contributed by atoms with van der Waals surface area (Å²) < 4.78 is 2.01. The summed E-state index contributed by atoms with van der Waals surface area (Å²) in [5, 5.41) is 11.7. The van der Waals surface area contributed by atoms with E-state index in [0.717, 1.165) is 14.6 Å². The Hall–Kier alpha value is -2.41. The zero-order chi connectivity index (χ0) is 14.3. The SMILES string of the molecule is O=C(O)c1c[nH]n2c(=O)cc(-c3ccc(Br)cc3)nc12. The minimum absolute atomic E-state index is 0.0407. The van der Waals surface area contributed by atoms with Crippen LogP contribution in [0.1, 0.15) is 10.4 Å². The fourth-order valence-corrected chi connectivity index (χ4v) is 2.17. The maximum Gasteiger partial charge on any atom is 0.341 e. The third-order valence-electron chi connectivity index (χ3n) is 2.87. The Balaban J connectivity index is 2.27. The first-order valence-corrected chi connectivity index (χ1v) is 6.46. The minimum Gasteiger partial charge on any atom is -0.477 e. The average molecular weight is 334 g/mol. The molecular formula is C13H8BrN3O3. The van der Waals surface area contributed by atoms with Crippen molar-refractivity contribution in [3.05, 3.63) is 56.9 Å². The lowest BCUT2D eigenvalue weighted by Gasteiger charge is -2.02. The molecule has 0 saturated carbocycles. The number of hydrogen-bond acceptors (Lipinski definition) is 3. The molecule has 0 aliphatic heterocycles. The van der Waals surface area contributed by atoms with E-state index in [1.807, 2.05) is 12.1 Å². The van der Waals surface area contributed by atoms with E-state index in [0.29, 0.717) is 5.69 Å². The standard InChI is InChI=1S/C13H8BrN3O3/c14-8-3-1-7(2-4-8)10-5-11(18)17-12(16-10)9(6-15-17)13(19)20/h1-6,15H,(H,19,20).